The minimum absolute atomic E-state index is 0.155. The molecule has 0 saturated carbocycles. The first-order valence-corrected chi connectivity index (χ1v) is 18.0. The number of allylic oxidation sites excluding steroid dienone is 2. The molecule has 1 amide bonds. The molecular formula is C36H71NO4. The third kappa shape index (κ3) is 27.7. The molecule has 0 aromatic carbocycles. The summed E-state index contributed by atoms with van der Waals surface area (Å²) in [5.41, 5.74) is 0. The molecule has 244 valence electrons. The normalized spacial score (nSPS) is 14.0. The van der Waals surface area contributed by atoms with E-state index in [4.69, 9.17) is 0 Å². The Balaban J connectivity index is 3.70. The van der Waals surface area contributed by atoms with Gasteiger partial charge in [0.05, 0.1) is 18.8 Å². The highest BCUT2D eigenvalue weighted by Gasteiger charge is 2.26. The van der Waals surface area contributed by atoms with E-state index >= 15 is 0 Å². The van der Waals surface area contributed by atoms with Gasteiger partial charge in [-0.25, -0.2) is 0 Å². The van der Waals surface area contributed by atoms with E-state index in [-0.39, 0.29) is 12.5 Å². The fourth-order valence-corrected chi connectivity index (χ4v) is 5.51. The zero-order chi connectivity index (χ0) is 30.2. The summed E-state index contributed by atoms with van der Waals surface area (Å²) in [5.74, 6) is -0.155. The molecule has 3 unspecified atom stereocenters. The predicted molar refractivity (Wildman–Crippen MR) is 176 cm³/mol. The average molecular weight is 582 g/mol. The van der Waals surface area contributed by atoms with Crippen molar-refractivity contribution in [2.45, 2.75) is 205 Å². The molecule has 0 aliphatic rings. The van der Waals surface area contributed by atoms with Crippen LogP contribution in [0.1, 0.15) is 187 Å². The molecule has 41 heavy (non-hydrogen) atoms. The number of aliphatic hydroxyl groups is 3. The van der Waals surface area contributed by atoms with Crippen LogP contribution >= 0.6 is 0 Å². The second kappa shape index (κ2) is 32.0. The largest absolute Gasteiger partial charge is 0.394 e. The van der Waals surface area contributed by atoms with Gasteiger partial charge in [0.2, 0.25) is 5.91 Å². The van der Waals surface area contributed by atoms with Gasteiger partial charge >= 0.3 is 0 Å². The third-order valence-electron chi connectivity index (χ3n) is 8.37. The molecule has 0 aromatic rings. The molecule has 0 saturated heterocycles. The lowest BCUT2D eigenvalue weighted by Crippen LogP contribution is -2.50. The van der Waals surface area contributed by atoms with Crippen molar-refractivity contribution >= 4 is 5.91 Å². The van der Waals surface area contributed by atoms with Crippen molar-refractivity contribution in [2.75, 3.05) is 6.61 Å². The quantitative estimate of drug-likeness (QED) is 0.0471. The summed E-state index contributed by atoms with van der Waals surface area (Å²) in [6.07, 6.45) is 34.4. The molecule has 0 radical (unpaired) electrons. The summed E-state index contributed by atoms with van der Waals surface area (Å²) >= 11 is 0. The number of amides is 1. The van der Waals surface area contributed by atoms with Crippen LogP contribution in [0.4, 0.5) is 0 Å². The number of carbonyl (C=O) groups is 1. The van der Waals surface area contributed by atoms with Crippen LogP contribution < -0.4 is 5.32 Å². The number of aliphatic hydroxyl groups excluding tert-OH is 3. The van der Waals surface area contributed by atoms with Crippen LogP contribution in [-0.4, -0.2) is 46.1 Å². The fraction of sp³-hybridized carbons (Fsp3) is 0.917. The van der Waals surface area contributed by atoms with Gasteiger partial charge in [-0.05, 0) is 38.5 Å². The molecule has 0 aliphatic heterocycles. The van der Waals surface area contributed by atoms with Gasteiger partial charge in [-0.2, -0.15) is 0 Å². The van der Waals surface area contributed by atoms with E-state index in [1.807, 2.05) is 0 Å². The lowest BCUT2D eigenvalue weighted by Gasteiger charge is -2.26. The van der Waals surface area contributed by atoms with Gasteiger partial charge in [0.25, 0.3) is 0 Å². The number of carbonyl (C=O) groups excluding carboxylic acids is 1. The van der Waals surface area contributed by atoms with Crippen LogP contribution in [0.15, 0.2) is 12.2 Å². The molecule has 0 rings (SSSR count). The lowest BCUT2D eigenvalue weighted by atomic mass is 9.99. The lowest BCUT2D eigenvalue weighted by molar-refractivity contribution is -0.124. The second-order valence-corrected chi connectivity index (χ2v) is 12.4. The van der Waals surface area contributed by atoms with Crippen molar-refractivity contribution in [3.8, 4) is 0 Å². The predicted octanol–water partition coefficient (Wildman–Crippen LogP) is 9.31. The maximum absolute atomic E-state index is 12.3. The van der Waals surface area contributed by atoms with Crippen LogP contribution in [0.5, 0.6) is 0 Å². The Morgan fingerprint density at radius 3 is 1.46 bits per heavy atom. The summed E-state index contributed by atoms with van der Waals surface area (Å²) < 4.78 is 0. The van der Waals surface area contributed by atoms with Crippen LogP contribution in [0.2, 0.25) is 0 Å². The van der Waals surface area contributed by atoms with E-state index in [9.17, 15) is 20.1 Å². The SMILES string of the molecule is CCCCC/C=C\CCCCCCCC(=O)NC(CO)C(O)C(O)CCCCCCCCCCCCCCCCC. The Hall–Kier alpha value is -0.910. The van der Waals surface area contributed by atoms with Gasteiger partial charge in [0.1, 0.15) is 6.10 Å². The van der Waals surface area contributed by atoms with Crippen LogP contribution in [-0.2, 0) is 4.79 Å². The molecule has 0 fully saturated rings. The van der Waals surface area contributed by atoms with Crippen molar-refractivity contribution in [3.63, 3.8) is 0 Å². The molecular weight excluding hydrogens is 510 g/mol. The third-order valence-corrected chi connectivity index (χ3v) is 8.37. The van der Waals surface area contributed by atoms with E-state index in [1.165, 1.54) is 116 Å². The minimum Gasteiger partial charge on any atom is -0.394 e. The Morgan fingerprint density at radius 2 is 0.976 bits per heavy atom. The number of hydrogen-bond donors (Lipinski definition) is 4. The van der Waals surface area contributed by atoms with Crippen molar-refractivity contribution in [1.29, 1.82) is 0 Å². The highest BCUT2D eigenvalue weighted by molar-refractivity contribution is 5.76. The molecule has 0 heterocycles. The Morgan fingerprint density at radius 1 is 0.585 bits per heavy atom. The van der Waals surface area contributed by atoms with Gasteiger partial charge in [-0.1, -0.05) is 154 Å². The Kier molecular flexibility index (Phi) is 31.3. The minimum atomic E-state index is -1.13. The standard InChI is InChI=1S/C36H71NO4/c1-3-5-7-9-11-13-15-17-18-19-20-22-24-26-28-30-34(39)36(41)33(32-38)37-35(40)31-29-27-25-23-21-16-14-12-10-8-6-4-2/h12,14,33-34,36,38-39,41H,3-11,13,15-32H2,1-2H3,(H,37,40)/b14-12-. The molecule has 5 nitrogen and oxygen atoms in total. The number of hydrogen-bond acceptors (Lipinski definition) is 4. The van der Waals surface area contributed by atoms with Crippen LogP contribution in [0.3, 0.4) is 0 Å². The van der Waals surface area contributed by atoms with Crippen LogP contribution in [0.25, 0.3) is 0 Å². The number of unbranched alkanes of at least 4 members (excludes halogenated alkanes) is 22. The zero-order valence-electron chi connectivity index (χ0n) is 27.4. The highest BCUT2D eigenvalue weighted by Crippen LogP contribution is 2.15. The maximum Gasteiger partial charge on any atom is 0.220 e. The zero-order valence-corrected chi connectivity index (χ0v) is 27.4. The fourth-order valence-electron chi connectivity index (χ4n) is 5.51. The van der Waals surface area contributed by atoms with Gasteiger partial charge in [0, 0.05) is 6.42 Å². The summed E-state index contributed by atoms with van der Waals surface area (Å²) in [4.78, 5) is 12.3. The molecule has 0 spiro atoms. The smallest absolute Gasteiger partial charge is 0.220 e. The van der Waals surface area contributed by atoms with Crippen molar-refractivity contribution < 1.29 is 20.1 Å². The second-order valence-electron chi connectivity index (χ2n) is 12.4. The van der Waals surface area contributed by atoms with E-state index in [2.05, 4.69) is 31.3 Å². The van der Waals surface area contributed by atoms with Gasteiger partial charge in [-0.15, -0.1) is 0 Å². The van der Waals surface area contributed by atoms with E-state index in [0.717, 1.165) is 44.9 Å². The number of nitrogens with one attached hydrogen (secondary N) is 1. The monoisotopic (exact) mass is 582 g/mol. The summed E-state index contributed by atoms with van der Waals surface area (Å²) in [6, 6.07) is -0.807. The molecule has 0 aliphatic carbocycles. The Bertz CT molecular complexity index is 568. The number of rotatable bonds is 32. The molecule has 0 bridgehead atoms. The van der Waals surface area contributed by atoms with Crippen molar-refractivity contribution in [3.05, 3.63) is 12.2 Å². The van der Waals surface area contributed by atoms with E-state index in [0.29, 0.717) is 12.8 Å². The van der Waals surface area contributed by atoms with Crippen molar-refractivity contribution in [2.24, 2.45) is 0 Å². The highest BCUT2D eigenvalue weighted by atomic mass is 16.3. The van der Waals surface area contributed by atoms with Crippen molar-refractivity contribution in [1.82, 2.24) is 5.32 Å². The van der Waals surface area contributed by atoms with E-state index in [1.54, 1.807) is 0 Å². The average Bonchev–Trinajstić information content (AvgIpc) is 2.97. The topological polar surface area (TPSA) is 89.8 Å². The first kappa shape index (κ1) is 40.1. The summed E-state index contributed by atoms with van der Waals surface area (Å²) in [6.45, 7) is 4.13. The maximum atomic E-state index is 12.3. The summed E-state index contributed by atoms with van der Waals surface area (Å²) in [7, 11) is 0. The van der Waals surface area contributed by atoms with Gasteiger partial charge in [-0.3, -0.25) is 4.79 Å². The molecule has 4 N–H and O–H groups in total. The first-order chi connectivity index (χ1) is 20.1. The van der Waals surface area contributed by atoms with E-state index < -0.39 is 18.2 Å². The Labute approximate surface area is 255 Å². The molecule has 3 atom stereocenters. The van der Waals surface area contributed by atoms with Gasteiger partial charge < -0.3 is 20.6 Å². The van der Waals surface area contributed by atoms with Gasteiger partial charge in [0.15, 0.2) is 0 Å². The summed E-state index contributed by atoms with van der Waals surface area (Å²) in [5, 5.41) is 33.3. The first-order valence-electron chi connectivity index (χ1n) is 18.0. The van der Waals surface area contributed by atoms with Crippen LogP contribution in [0, 0.1) is 0 Å². The molecule has 5 heteroatoms. The molecule has 0 aromatic heterocycles.